The molecule has 1 aliphatic rings. The molecule has 1 amide bonds. The first-order valence-corrected chi connectivity index (χ1v) is 15.7. The fourth-order valence-corrected chi connectivity index (χ4v) is 6.08. The van der Waals surface area contributed by atoms with Crippen LogP contribution in [0.1, 0.15) is 51.4 Å². The summed E-state index contributed by atoms with van der Waals surface area (Å²) in [4.78, 5) is 16.9. The van der Waals surface area contributed by atoms with Crippen LogP contribution in [0.5, 0.6) is 0 Å². The smallest absolute Gasteiger partial charge is 0.251 e. The number of pyridine rings is 1. The number of nitrogens with one attached hydrogen (secondary N) is 1. The predicted octanol–water partition coefficient (Wildman–Crippen LogP) is 7.51. The number of aliphatic hydroxyl groups is 1. The summed E-state index contributed by atoms with van der Waals surface area (Å²) in [5.74, 6) is 0.667. The van der Waals surface area contributed by atoms with E-state index in [1.54, 1.807) is 18.0 Å². The van der Waals surface area contributed by atoms with Gasteiger partial charge in [-0.2, -0.15) is 0 Å². The van der Waals surface area contributed by atoms with Gasteiger partial charge in [-0.15, -0.1) is 11.8 Å². The van der Waals surface area contributed by atoms with Crippen LogP contribution in [-0.4, -0.2) is 27.9 Å². The number of hydrogen-bond donors (Lipinski definition) is 2. The molecule has 222 valence electrons. The summed E-state index contributed by atoms with van der Waals surface area (Å²) in [6, 6.07) is 39.6. The molecule has 2 N–H and O–H groups in total. The largest absolute Gasteiger partial charge is 0.392 e. The van der Waals surface area contributed by atoms with Crippen molar-refractivity contribution in [3.05, 3.63) is 155 Å². The highest BCUT2D eigenvalue weighted by Crippen LogP contribution is 2.39. The Balaban J connectivity index is 1.15. The number of amides is 1. The third-order valence-corrected chi connectivity index (χ3v) is 8.68. The molecule has 1 aliphatic heterocycles. The van der Waals surface area contributed by atoms with Crippen molar-refractivity contribution in [2.24, 2.45) is 0 Å². The van der Waals surface area contributed by atoms with Gasteiger partial charge in [0, 0.05) is 36.0 Å². The average Bonchev–Trinajstić information content (AvgIpc) is 3.10. The van der Waals surface area contributed by atoms with E-state index >= 15 is 0 Å². The van der Waals surface area contributed by atoms with Gasteiger partial charge < -0.3 is 19.9 Å². The summed E-state index contributed by atoms with van der Waals surface area (Å²) in [5.41, 5.74) is 6.70. The molecule has 0 unspecified atom stereocenters. The van der Waals surface area contributed by atoms with Gasteiger partial charge in [0.25, 0.3) is 5.91 Å². The fourth-order valence-electron chi connectivity index (χ4n) is 5.20. The second kappa shape index (κ2) is 14.5. The van der Waals surface area contributed by atoms with Crippen molar-refractivity contribution in [2.45, 2.75) is 43.1 Å². The molecule has 44 heavy (non-hydrogen) atoms. The maximum Gasteiger partial charge on any atom is 0.251 e. The van der Waals surface area contributed by atoms with E-state index in [1.165, 1.54) is 0 Å². The maximum absolute atomic E-state index is 12.5. The van der Waals surface area contributed by atoms with Crippen LogP contribution < -0.4 is 5.32 Å². The Kier molecular flexibility index (Phi) is 9.79. The summed E-state index contributed by atoms with van der Waals surface area (Å²) in [5, 5.41) is 13.5. The summed E-state index contributed by atoms with van der Waals surface area (Å²) in [7, 11) is 0. The third-order valence-electron chi connectivity index (χ3n) is 7.60. The molecule has 6 rings (SSSR count). The summed E-state index contributed by atoms with van der Waals surface area (Å²) >= 11 is 1.68. The van der Waals surface area contributed by atoms with E-state index in [2.05, 4.69) is 46.7 Å². The quantitative estimate of drug-likeness (QED) is 0.161. The zero-order chi connectivity index (χ0) is 30.1. The fraction of sp³-hybridized carbons (Fsp3) is 0.189. The first kappa shape index (κ1) is 29.8. The van der Waals surface area contributed by atoms with Crippen molar-refractivity contribution in [3.63, 3.8) is 0 Å². The minimum absolute atomic E-state index is 0.0124. The molecule has 0 spiro atoms. The number of carbonyl (C=O) groups is 1. The van der Waals surface area contributed by atoms with Gasteiger partial charge in [0.2, 0.25) is 0 Å². The number of aliphatic hydroxyl groups excluding tert-OH is 1. The molecular weight excluding hydrogens is 568 g/mol. The predicted molar refractivity (Wildman–Crippen MR) is 173 cm³/mol. The molecule has 1 saturated heterocycles. The molecule has 0 radical (unpaired) electrons. The Labute approximate surface area is 262 Å². The van der Waals surface area contributed by atoms with Gasteiger partial charge >= 0.3 is 0 Å². The van der Waals surface area contributed by atoms with Gasteiger partial charge in [-0.3, -0.25) is 4.79 Å². The van der Waals surface area contributed by atoms with E-state index in [9.17, 15) is 9.90 Å². The van der Waals surface area contributed by atoms with Crippen molar-refractivity contribution in [3.8, 4) is 11.1 Å². The van der Waals surface area contributed by atoms with Gasteiger partial charge in [0.15, 0.2) is 6.29 Å². The van der Waals surface area contributed by atoms with Crippen LogP contribution in [0.15, 0.2) is 133 Å². The highest BCUT2D eigenvalue weighted by molar-refractivity contribution is 7.99. The van der Waals surface area contributed by atoms with E-state index in [1.807, 2.05) is 84.9 Å². The molecule has 6 nitrogen and oxygen atoms in total. The Morgan fingerprint density at radius 3 is 2.32 bits per heavy atom. The molecule has 0 bridgehead atoms. The lowest BCUT2D eigenvalue weighted by Gasteiger charge is -2.36. The molecule has 0 saturated carbocycles. The summed E-state index contributed by atoms with van der Waals surface area (Å²) in [6.45, 7) is 0.459. The van der Waals surface area contributed by atoms with E-state index in [4.69, 9.17) is 9.47 Å². The van der Waals surface area contributed by atoms with Gasteiger partial charge in [0.1, 0.15) is 0 Å². The van der Waals surface area contributed by atoms with Crippen LogP contribution in [0.2, 0.25) is 0 Å². The van der Waals surface area contributed by atoms with Crippen molar-refractivity contribution < 1.29 is 19.4 Å². The second-order valence-electron chi connectivity index (χ2n) is 10.7. The normalized spacial score (nSPS) is 18.1. The number of benzene rings is 4. The Morgan fingerprint density at radius 1 is 0.795 bits per heavy atom. The van der Waals surface area contributed by atoms with Crippen LogP contribution in [0.4, 0.5) is 0 Å². The van der Waals surface area contributed by atoms with Crippen molar-refractivity contribution in [2.75, 3.05) is 5.75 Å². The van der Waals surface area contributed by atoms with Crippen molar-refractivity contribution >= 4 is 17.7 Å². The monoisotopic (exact) mass is 602 g/mol. The van der Waals surface area contributed by atoms with Gasteiger partial charge in [-0.05, 0) is 58.1 Å². The highest BCUT2D eigenvalue weighted by atomic mass is 32.2. The molecule has 3 atom stereocenters. The first-order chi connectivity index (χ1) is 21.6. The number of nitrogens with zero attached hydrogens (tertiary/aromatic N) is 1. The summed E-state index contributed by atoms with van der Waals surface area (Å²) < 4.78 is 13.0. The number of thioether (sulfide) groups is 1. The Morgan fingerprint density at radius 2 is 1.57 bits per heavy atom. The Bertz CT molecular complexity index is 1650. The number of hydrogen-bond acceptors (Lipinski definition) is 6. The molecule has 1 fully saturated rings. The highest BCUT2D eigenvalue weighted by Gasteiger charge is 2.32. The zero-order valence-corrected chi connectivity index (χ0v) is 25.0. The standard InChI is InChI=1S/C37H34N2O4S/c40-24-26-12-14-29(15-13-26)34-22-33(25-44-35-11-4-5-20-38-35)42-37(43-34)31-18-16-28(17-19-31)32-10-6-7-27(21-32)23-39-36(41)30-8-2-1-3-9-30/h1-21,33-34,37,40H,22-25H2,(H,39,41)/t33-,34+,37+/m1/s1. The second-order valence-corrected chi connectivity index (χ2v) is 11.7. The van der Waals surface area contributed by atoms with Crippen LogP contribution in [0, 0.1) is 0 Å². The lowest BCUT2D eigenvalue weighted by atomic mass is 9.99. The number of ether oxygens (including phenoxy) is 2. The van der Waals surface area contributed by atoms with E-state index in [0.717, 1.165) is 50.6 Å². The molecule has 0 aliphatic carbocycles. The van der Waals surface area contributed by atoms with E-state index < -0.39 is 6.29 Å². The third kappa shape index (κ3) is 7.62. The molecule has 1 aromatic heterocycles. The summed E-state index contributed by atoms with van der Waals surface area (Å²) in [6.07, 6.45) is 1.83. The number of aromatic nitrogens is 1. The number of rotatable bonds is 10. The maximum atomic E-state index is 12.5. The van der Waals surface area contributed by atoms with E-state index in [0.29, 0.717) is 12.1 Å². The molecule has 2 heterocycles. The lowest BCUT2D eigenvalue weighted by Crippen LogP contribution is -2.31. The average molecular weight is 603 g/mol. The van der Waals surface area contributed by atoms with Gasteiger partial charge in [0.05, 0.1) is 23.8 Å². The van der Waals surface area contributed by atoms with Gasteiger partial charge in [-0.1, -0.05) is 91.0 Å². The van der Waals surface area contributed by atoms with Crippen molar-refractivity contribution in [1.29, 1.82) is 0 Å². The van der Waals surface area contributed by atoms with Crippen LogP contribution in [0.3, 0.4) is 0 Å². The van der Waals surface area contributed by atoms with Crippen molar-refractivity contribution in [1.82, 2.24) is 10.3 Å². The molecule has 4 aromatic carbocycles. The van der Waals surface area contributed by atoms with E-state index in [-0.39, 0.29) is 24.7 Å². The van der Waals surface area contributed by atoms with Crippen LogP contribution in [-0.2, 0) is 22.6 Å². The van der Waals surface area contributed by atoms with Gasteiger partial charge in [-0.25, -0.2) is 4.98 Å². The van der Waals surface area contributed by atoms with Crippen LogP contribution >= 0.6 is 11.8 Å². The SMILES string of the molecule is O=C(NCc1cccc(-c2ccc([C@H]3O[C@@H](CSc4ccccn4)C[C@@H](c4ccc(CO)cc4)O3)cc2)c1)c1ccccc1. The molecule has 7 heteroatoms. The Hall–Kier alpha value is -4.27. The number of carbonyl (C=O) groups excluding carboxylic acids is 1. The minimum Gasteiger partial charge on any atom is -0.392 e. The topological polar surface area (TPSA) is 80.7 Å². The lowest BCUT2D eigenvalue weighted by molar-refractivity contribution is -0.245. The molecular formula is C37H34N2O4S. The van der Waals surface area contributed by atoms with Crippen LogP contribution in [0.25, 0.3) is 11.1 Å². The molecule has 5 aromatic rings. The zero-order valence-electron chi connectivity index (χ0n) is 24.2. The minimum atomic E-state index is -0.519. The first-order valence-electron chi connectivity index (χ1n) is 14.7.